The Labute approximate surface area is 234 Å². The van der Waals surface area contributed by atoms with Gasteiger partial charge in [-0.3, -0.25) is 4.79 Å². The number of hydrogen-bond acceptors (Lipinski definition) is 11. The Morgan fingerprint density at radius 1 is 0.900 bits per heavy atom. The summed E-state index contributed by atoms with van der Waals surface area (Å²) in [7, 11) is 1.65. The van der Waals surface area contributed by atoms with Crippen molar-refractivity contribution >= 4 is 29.4 Å². The Balaban J connectivity index is 1.31. The summed E-state index contributed by atoms with van der Waals surface area (Å²) < 4.78 is 15.9. The summed E-state index contributed by atoms with van der Waals surface area (Å²) in [5, 5.41) is 12.7. The number of carbonyl (C=O) groups is 1. The Bertz CT molecular complexity index is 1190. The van der Waals surface area contributed by atoms with Crippen molar-refractivity contribution in [2.75, 3.05) is 62.6 Å². The molecule has 1 amide bonds. The summed E-state index contributed by atoms with van der Waals surface area (Å²) in [4.78, 5) is 26.1. The number of rotatable bonds is 17. The lowest BCUT2D eigenvalue weighted by molar-refractivity contribution is 0.0511. The third kappa shape index (κ3) is 9.33. The fraction of sp³-hybridized carbons (Fsp3) is 0.429. The maximum atomic E-state index is 12.5. The number of nitrogens with one attached hydrogen (secondary N) is 4. The molecule has 0 saturated heterocycles. The Hall–Kier alpha value is -4.00. The summed E-state index contributed by atoms with van der Waals surface area (Å²) in [6, 6.07) is 15.3. The van der Waals surface area contributed by atoms with Gasteiger partial charge in [0.25, 0.3) is 5.91 Å². The first-order valence-electron chi connectivity index (χ1n) is 13.5. The van der Waals surface area contributed by atoms with Crippen LogP contribution in [0.1, 0.15) is 35.2 Å². The molecule has 6 N–H and O–H groups in total. The van der Waals surface area contributed by atoms with Crippen LogP contribution in [-0.2, 0) is 16.0 Å². The lowest BCUT2D eigenvalue weighted by Gasteiger charge is -2.26. The van der Waals surface area contributed by atoms with Crippen LogP contribution in [-0.4, -0.2) is 73.5 Å². The average Bonchev–Trinajstić information content (AvgIpc) is 2.96. The molecule has 12 nitrogen and oxygen atoms in total. The number of anilines is 4. The molecule has 214 valence electrons. The van der Waals surface area contributed by atoms with Gasteiger partial charge in [0.2, 0.25) is 17.8 Å². The maximum absolute atomic E-state index is 12.5. The Kier molecular flexibility index (Phi) is 11.3. The van der Waals surface area contributed by atoms with Crippen molar-refractivity contribution in [1.82, 2.24) is 20.3 Å². The van der Waals surface area contributed by atoms with Crippen LogP contribution in [0, 0.1) is 0 Å². The van der Waals surface area contributed by atoms with Crippen molar-refractivity contribution in [2.24, 2.45) is 5.73 Å². The molecular weight excluding hydrogens is 512 g/mol. The van der Waals surface area contributed by atoms with E-state index in [1.165, 1.54) is 6.42 Å². The van der Waals surface area contributed by atoms with Gasteiger partial charge in [-0.15, -0.1) is 0 Å². The number of ether oxygens (including phenoxy) is 3. The lowest BCUT2D eigenvalue weighted by Crippen LogP contribution is -2.28. The van der Waals surface area contributed by atoms with Crippen LogP contribution in [0.15, 0.2) is 48.5 Å². The second kappa shape index (κ2) is 15.6. The van der Waals surface area contributed by atoms with Crippen molar-refractivity contribution in [2.45, 2.75) is 31.8 Å². The summed E-state index contributed by atoms with van der Waals surface area (Å²) >= 11 is 0. The molecule has 0 atom stereocenters. The summed E-state index contributed by atoms with van der Waals surface area (Å²) in [6.45, 7) is 3.31. The monoisotopic (exact) mass is 550 g/mol. The molecule has 1 heterocycles. The highest BCUT2D eigenvalue weighted by Crippen LogP contribution is 2.23. The van der Waals surface area contributed by atoms with Gasteiger partial charge in [-0.2, -0.15) is 15.0 Å². The molecule has 0 radical (unpaired) electrons. The van der Waals surface area contributed by atoms with Gasteiger partial charge in [-0.05, 0) is 61.2 Å². The zero-order valence-electron chi connectivity index (χ0n) is 22.8. The van der Waals surface area contributed by atoms with Crippen LogP contribution in [0.25, 0.3) is 0 Å². The van der Waals surface area contributed by atoms with Crippen LogP contribution in [0.5, 0.6) is 5.75 Å². The quantitative estimate of drug-likeness (QED) is 0.157. The zero-order chi connectivity index (χ0) is 28.0. The van der Waals surface area contributed by atoms with Gasteiger partial charge in [0.15, 0.2) is 0 Å². The topological polar surface area (TPSA) is 158 Å². The lowest BCUT2D eigenvalue weighted by atomic mass is 9.93. The molecular formula is C28H38N8O4. The van der Waals surface area contributed by atoms with E-state index in [2.05, 4.69) is 36.2 Å². The zero-order valence-corrected chi connectivity index (χ0v) is 22.8. The highest BCUT2D eigenvalue weighted by molar-refractivity contribution is 5.94. The van der Waals surface area contributed by atoms with Crippen LogP contribution < -0.4 is 31.7 Å². The smallest absolute Gasteiger partial charge is 0.251 e. The van der Waals surface area contributed by atoms with Crippen molar-refractivity contribution in [1.29, 1.82) is 0 Å². The van der Waals surface area contributed by atoms with Crippen molar-refractivity contribution < 1.29 is 19.0 Å². The second-order valence-electron chi connectivity index (χ2n) is 9.25. The molecule has 4 rings (SSSR count). The second-order valence-corrected chi connectivity index (χ2v) is 9.25. The molecule has 40 heavy (non-hydrogen) atoms. The van der Waals surface area contributed by atoms with Crippen molar-refractivity contribution in [3.8, 4) is 5.75 Å². The molecule has 1 fully saturated rings. The standard InChI is InChI=1S/C28H38N8O4/c1-38-24-11-5-20(6-12-24)19-31-26-34-27(32-22-3-2-4-22)36-28(35-26)33-23-9-7-21(8-10-23)25(37)30-14-16-40-18-17-39-15-13-29/h5-12,22H,2-4,13-19,29H2,1H3,(H,30,37)(H3,31,32,33,34,35,36). The largest absolute Gasteiger partial charge is 0.497 e. The SMILES string of the molecule is COc1ccc(CNc2nc(Nc3ccc(C(=O)NCCOCCOCCN)cc3)nc(NC3CCC3)n2)cc1. The number of nitrogens with two attached hydrogens (primary N) is 1. The minimum absolute atomic E-state index is 0.174. The summed E-state index contributed by atoms with van der Waals surface area (Å²) in [5.74, 6) is 2.01. The van der Waals surface area contributed by atoms with E-state index < -0.39 is 0 Å². The number of carbonyl (C=O) groups excluding carboxylic acids is 1. The predicted molar refractivity (Wildman–Crippen MR) is 154 cm³/mol. The first kappa shape index (κ1) is 29.0. The number of benzene rings is 2. The summed E-state index contributed by atoms with van der Waals surface area (Å²) in [6.07, 6.45) is 3.40. The maximum Gasteiger partial charge on any atom is 0.251 e. The number of methoxy groups -OCH3 is 1. The van der Waals surface area contributed by atoms with Gasteiger partial charge in [-0.1, -0.05) is 12.1 Å². The van der Waals surface area contributed by atoms with Crippen molar-refractivity contribution in [3.05, 3.63) is 59.7 Å². The van der Waals surface area contributed by atoms with E-state index in [1.807, 2.05) is 36.4 Å². The van der Waals surface area contributed by atoms with E-state index >= 15 is 0 Å². The highest BCUT2D eigenvalue weighted by Gasteiger charge is 2.19. The van der Waals surface area contributed by atoms with E-state index in [-0.39, 0.29) is 5.91 Å². The van der Waals surface area contributed by atoms with Crippen LogP contribution in [0.4, 0.5) is 23.5 Å². The van der Waals surface area contributed by atoms with Crippen molar-refractivity contribution in [3.63, 3.8) is 0 Å². The first-order valence-corrected chi connectivity index (χ1v) is 13.5. The Morgan fingerprint density at radius 3 is 2.27 bits per heavy atom. The first-order chi connectivity index (χ1) is 19.6. The molecule has 2 aromatic carbocycles. The molecule has 0 spiro atoms. The van der Waals surface area contributed by atoms with Gasteiger partial charge < -0.3 is 41.2 Å². The molecule has 1 aromatic heterocycles. The van der Waals surface area contributed by atoms with E-state index in [9.17, 15) is 4.79 Å². The third-order valence-corrected chi connectivity index (χ3v) is 6.25. The molecule has 1 saturated carbocycles. The number of hydrogen-bond donors (Lipinski definition) is 5. The van der Waals surface area contributed by atoms with Gasteiger partial charge >= 0.3 is 0 Å². The van der Waals surface area contributed by atoms with Gasteiger partial charge in [-0.25, -0.2) is 0 Å². The van der Waals surface area contributed by atoms with E-state index in [1.54, 1.807) is 19.2 Å². The number of aromatic nitrogens is 3. The van der Waals surface area contributed by atoms with Gasteiger partial charge in [0.1, 0.15) is 5.75 Å². The van der Waals surface area contributed by atoms with Crippen LogP contribution >= 0.6 is 0 Å². The fourth-order valence-corrected chi connectivity index (χ4v) is 3.81. The molecule has 0 aliphatic heterocycles. The predicted octanol–water partition coefficient (Wildman–Crippen LogP) is 2.92. The van der Waals surface area contributed by atoms with Gasteiger partial charge in [0, 0.05) is 36.9 Å². The molecule has 0 unspecified atom stereocenters. The van der Waals surface area contributed by atoms with E-state index in [4.69, 9.17) is 19.9 Å². The van der Waals surface area contributed by atoms with Gasteiger partial charge in [0.05, 0.1) is 33.5 Å². The number of amides is 1. The van der Waals surface area contributed by atoms with E-state index in [0.717, 1.165) is 29.8 Å². The molecule has 1 aliphatic carbocycles. The minimum atomic E-state index is -0.174. The molecule has 1 aliphatic rings. The third-order valence-electron chi connectivity index (χ3n) is 6.25. The molecule has 0 bridgehead atoms. The highest BCUT2D eigenvalue weighted by atomic mass is 16.5. The molecule has 3 aromatic rings. The average molecular weight is 551 g/mol. The Morgan fingerprint density at radius 2 is 1.60 bits per heavy atom. The molecule has 12 heteroatoms. The minimum Gasteiger partial charge on any atom is -0.497 e. The van der Waals surface area contributed by atoms with E-state index in [0.29, 0.717) is 75.5 Å². The van der Waals surface area contributed by atoms with Crippen LogP contribution in [0.2, 0.25) is 0 Å². The summed E-state index contributed by atoms with van der Waals surface area (Å²) in [5.41, 5.74) is 7.73. The normalized spacial score (nSPS) is 12.8. The number of nitrogens with zero attached hydrogens (tertiary/aromatic N) is 3. The van der Waals surface area contributed by atoms with Crippen LogP contribution in [0.3, 0.4) is 0 Å². The fourth-order valence-electron chi connectivity index (χ4n) is 3.81.